The number of nitrogens with two attached hydrogens (primary N) is 1. The third-order valence-corrected chi connectivity index (χ3v) is 6.15. The van der Waals surface area contributed by atoms with E-state index in [1.54, 1.807) is 0 Å². The van der Waals surface area contributed by atoms with Crippen molar-refractivity contribution >= 4 is 36.7 Å². The Kier molecular flexibility index (Phi) is 5.48. The molecule has 0 aliphatic heterocycles. The van der Waals surface area contributed by atoms with E-state index in [1.165, 1.54) is 19.2 Å². The van der Waals surface area contributed by atoms with E-state index >= 15 is 0 Å². The highest BCUT2D eigenvalue weighted by molar-refractivity contribution is 6.93. The van der Waals surface area contributed by atoms with Crippen LogP contribution in [-0.2, 0) is 4.74 Å². The molecule has 9 heteroatoms. The first-order chi connectivity index (χ1) is 12.0. The molecule has 1 aromatic heterocycles. The molecule has 2 N–H and O–H groups in total. The van der Waals surface area contributed by atoms with Crippen LogP contribution in [0.5, 0.6) is 0 Å². The number of halogens is 3. The number of rotatable bonds is 4. The summed E-state index contributed by atoms with van der Waals surface area (Å²) in [7, 11) is -0.776. The van der Waals surface area contributed by atoms with Crippen molar-refractivity contribution < 1.29 is 18.3 Å². The fourth-order valence-electron chi connectivity index (χ4n) is 2.21. The van der Waals surface area contributed by atoms with Gasteiger partial charge in [-0.1, -0.05) is 43.0 Å². The first-order valence-corrected chi connectivity index (χ1v) is 11.5. The van der Waals surface area contributed by atoms with E-state index < -0.39 is 25.7 Å². The Hall–Kier alpha value is -2.32. The van der Waals surface area contributed by atoms with Gasteiger partial charge >= 0.3 is 5.97 Å². The van der Waals surface area contributed by atoms with Crippen molar-refractivity contribution in [1.29, 1.82) is 0 Å². The van der Waals surface area contributed by atoms with Crippen LogP contribution in [0, 0.1) is 11.6 Å². The van der Waals surface area contributed by atoms with E-state index in [0.717, 1.165) is 0 Å². The van der Waals surface area contributed by atoms with Gasteiger partial charge in [0.05, 0.1) is 25.8 Å². The minimum absolute atomic E-state index is 0.0578. The highest BCUT2D eigenvalue weighted by Crippen LogP contribution is 2.33. The van der Waals surface area contributed by atoms with E-state index in [-0.39, 0.29) is 33.5 Å². The van der Waals surface area contributed by atoms with E-state index in [0.29, 0.717) is 5.20 Å². The monoisotopic (exact) mass is 397 g/mol. The molecule has 1 heterocycles. The average Bonchev–Trinajstić information content (AvgIpc) is 2.57. The molecule has 0 aliphatic rings. The average molecular weight is 398 g/mol. The molecule has 5 nitrogen and oxygen atoms in total. The van der Waals surface area contributed by atoms with Crippen molar-refractivity contribution in [2.75, 3.05) is 12.8 Å². The zero-order valence-corrected chi connectivity index (χ0v) is 16.5. The van der Waals surface area contributed by atoms with Gasteiger partial charge in [0.25, 0.3) is 0 Å². The van der Waals surface area contributed by atoms with Gasteiger partial charge in [-0.25, -0.2) is 23.5 Å². The number of nitrogen functional groups attached to an aromatic ring is 1. The summed E-state index contributed by atoms with van der Waals surface area (Å²) in [5, 5.41) is 0.265. The number of hydrogen-bond acceptors (Lipinski definition) is 5. The molecule has 0 bridgehead atoms. The van der Waals surface area contributed by atoms with Crippen LogP contribution in [0.2, 0.25) is 24.7 Å². The topological polar surface area (TPSA) is 78.1 Å². The quantitative estimate of drug-likeness (QED) is 0.472. The van der Waals surface area contributed by atoms with Gasteiger partial charge < -0.3 is 10.5 Å². The molecule has 0 amide bonds. The first-order valence-electron chi connectivity index (χ1n) is 7.58. The third-order valence-electron chi connectivity index (χ3n) is 3.80. The van der Waals surface area contributed by atoms with Crippen molar-refractivity contribution in [3.8, 4) is 11.4 Å². The summed E-state index contributed by atoms with van der Waals surface area (Å²) in [6.07, 6.45) is 0. The molecule has 2 rings (SSSR count). The number of aromatic nitrogens is 2. The Labute approximate surface area is 155 Å². The molecule has 0 aliphatic carbocycles. The lowest BCUT2D eigenvalue weighted by Crippen LogP contribution is -2.25. The van der Waals surface area contributed by atoms with Crippen molar-refractivity contribution in [2.24, 2.45) is 0 Å². The van der Waals surface area contributed by atoms with Crippen LogP contribution in [0.3, 0.4) is 0 Å². The molecule has 2 aromatic rings. The van der Waals surface area contributed by atoms with E-state index in [2.05, 4.69) is 16.5 Å². The number of carbonyl (C=O) groups excluding carboxylic acids is 1. The first kappa shape index (κ1) is 20.0. The van der Waals surface area contributed by atoms with Crippen LogP contribution in [0.15, 0.2) is 18.7 Å². The summed E-state index contributed by atoms with van der Waals surface area (Å²) in [6, 6.07) is 2.38. The lowest BCUT2D eigenvalue weighted by atomic mass is 10.1. The fraction of sp³-hybridized carbons (Fsp3) is 0.235. The summed E-state index contributed by atoms with van der Waals surface area (Å²) in [6.45, 7) is 10.1. The maximum absolute atomic E-state index is 14.2. The summed E-state index contributed by atoms with van der Waals surface area (Å²) in [5.74, 6) is -3.55. The van der Waals surface area contributed by atoms with Gasteiger partial charge in [-0.05, 0) is 12.1 Å². The van der Waals surface area contributed by atoms with Gasteiger partial charge in [0.2, 0.25) is 0 Å². The zero-order chi connectivity index (χ0) is 19.8. The van der Waals surface area contributed by atoms with Crippen LogP contribution in [0.4, 0.5) is 14.6 Å². The molecular weight excluding hydrogens is 380 g/mol. The second-order valence-corrected chi connectivity index (χ2v) is 12.1. The Bertz CT molecular complexity index is 914. The van der Waals surface area contributed by atoms with E-state index in [1.807, 2.05) is 19.6 Å². The molecule has 0 atom stereocenters. The Morgan fingerprint density at radius 1 is 1.23 bits per heavy atom. The molecule has 0 saturated carbocycles. The summed E-state index contributed by atoms with van der Waals surface area (Å²) >= 11 is 5.56. The smallest absolute Gasteiger partial charge is 0.357 e. The van der Waals surface area contributed by atoms with Gasteiger partial charge in [-0.2, -0.15) is 0 Å². The summed E-state index contributed by atoms with van der Waals surface area (Å²) in [4.78, 5) is 20.4. The van der Waals surface area contributed by atoms with Gasteiger partial charge in [0.1, 0.15) is 5.82 Å². The number of carbonyl (C=O) groups is 1. The van der Waals surface area contributed by atoms with Gasteiger partial charge in [-0.15, -0.1) is 0 Å². The molecular formula is C17H18ClF2N3O2Si. The number of anilines is 1. The van der Waals surface area contributed by atoms with Crippen molar-refractivity contribution in [1.82, 2.24) is 9.97 Å². The number of esters is 1. The van der Waals surface area contributed by atoms with Crippen molar-refractivity contribution in [3.63, 3.8) is 0 Å². The molecule has 0 saturated heterocycles. The predicted molar refractivity (Wildman–Crippen MR) is 101 cm³/mol. The molecule has 26 heavy (non-hydrogen) atoms. The standard InChI is InChI=1S/C17H18ClF2N3O2Si/c1-8(26(3,4)5)11-14(17(24)25-2)22-16(23-15(11)21)9-6-7-10(18)13(20)12(9)19/h6-7H,1H2,2-5H3,(H2,21,22,23). The predicted octanol–water partition coefficient (Wildman–Crippen LogP) is 4.33. The SMILES string of the molecule is C=C(c1c(N)nc(-c2ccc(Cl)c(F)c2F)nc1C(=O)OC)[Si](C)(C)C. The second-order valence-electron chi connectivity index (χ2n) is 6.60. The number of nitrogens with zero attached hydrogens (tertiary/aromatic N) is 2. The summed E-state index contributed by atoms with van der Waals surface area (Å²) in [5.41, 5.74) is 5.89. The maximum Gasteiger partial charge on any atom is 0.357 e. The number of methoxy groups -OCH3 is 1. The Balaban J connectivity index is 2.78. The Morgan fingerprint density at radius 2 is 1.85 bits per heavy atom. The molecule has 0 spiro atoms. The number of hydrogen-bond donors (Lipinski definition) is 1. The minimum atomic E-state index is -1.96. The lowest BCUT2D eigenvalue weighted by molar-refractivity contribution is 0.0593. The van der Waals surface area contributed by atoms with Crippen LogP contribution >= 0.6 is 11.6 Å². The van der Waals surface area contributed by atoms with Crippen molar-refractivity contribution in [3.05, 3.63) is 46.6 Å². The molecule has 0 unspecified atom stereocenters. The number of benzene rings is 1. The Morgan fingerprint density at radius 3 is 2.38 bits per heavy atom. The maximum atomic E-state index is 14.2. The minimum Gasteiger partial charge on any atom is -0.464 e. The fourth-order valence-corrected chi connectivity index (χ4v) is 3.36. The normalized spacial score (nSPS) is 11.3. The third kappa shape index (κ3) is 3.61. The lowest BCUT2D eigenvalue weighted by Gasteiger charge is -2.22. The number of ether oxygens (including phenoxy) is 1. The highest BCUT2D eigenvalue weighted by Gasteiger charge is 2.29. The van der Waals surface area contributed by atoms with Crippen molar-refractivity contribution in [2.45, 2.75) is 19.6 Å². The van der Waals surface area contributed by atoms with Gasteiger partial charge in [0.15, 0.2) is 23.2 Å². The summed E-state index contributed by atoms with van der Waals surface area (Å²) < 4.78 is 32.8. The zero-order valence-electron chi connectivity index (χ0n) is 14.8. The second kappa shape index (κ2) is 7.12. The molecule has 1 aromatic carbocycles. The highest BCUT2D eigenvalue weighted by atomic mass is 35.5. The van der Waals surface area contributed by atoms with E-state index in [9.17, 15) is 13.6 Å². The van der Waals surface area contributed by atoms with Gasteiger partial charge in [-0.3, -0.25) is 0 Å². The molecule has 0 fully saturated rings. The van der Waals surface area contributed by atoms with E-state index in [4.69, 9.17) is 22.1 Å². The largest absolute Gasteiger partial charge is 0.464 e. The van der Waals surface area contributed by atoms with Crippen LogP contribution in [0.25, 0.3) is 16.6 Å². The molecule has 138 valence electrons. The van der Waals surface area contributed by atoms with Crippen LogP contribution in [0.1, 0.15) is 16.1 Å². The van der Waals surface area contributed by atoms with Gasteiger partial charge in [0, 0.05) is 5.56 Å². The molecule has 0 radical (unpaired) electrons. The van der Waals surface area contributed by atoms with Crippen LogP contribution in [-0.4, -0.2) is 31.1 Å². The van der Waals surface area contributed by atoms with Crippen LogP contribution < -0.4 is 5.73 Å².